The quantitative estimate of drug-likeness (QED) is 0.618. The Labute approximate surface area is 95.6 Å². The standard InChI is InChI=1S/C9H13N3O5/c1-2-5-6(13)11-9(16)12(7(5)14)3-4-17-8(10)15/h14H,2-4H2,1H3,(H2,10,15)(H,11,13,16). The minimum absolute atomic E-state index is 0.0859. The van der Waals surface area contributed by atoms with Crippen LogP contribution >= 0.6 is 0 Å². The number of aromatic hydroxyl groups is 1. The van der Waals surface area contributed by atoms with Gasteiger partial charge >= 0.3 is 11.8 Å². The molecule has 0 aliphatic rings. The first kappa shape index (κ1) is 12.8. The van der Waals surface area contributed by atoms with Gasteiger partial charge in [-0.15, -0.1) is 0 Å². The van der Waals surface area contributed by atoms with Gasteiger partial charge in [0.2, 0.25) is 5.88 Å². The summed E-state index contributed by atoms with van der Waals surface area (Å²) in [6.45, 7) is 1.41. The summed E-state index contributed by atoms with van der Waals surface area (Å²) in [5, 5.41) is 9.69. The predicted molar refractivity (Wildman–Crippen MR) is 57.9 cm³/mol. The van der Waals surface area contributed by atoms with E-state index in [1.807, 2.05) is 0 Å². The summed E-state index contributed by atoms with van der Waals surface area (Å²) in [4.78, 5) is 35.1. The fourth-order valence-electron chi connectivity index (χ4n) is 1.36. The Bertz CT molecular complexity index is 530. The van der Waals surface area contributed by atoms with Gasteiger partial charge < -0.3 is 15.6 Å². The first-order chi connectivity index (χ1) is 7.97. The van der Waals surface area contributed by atoms with Crippen molar-refractivity contribution in [1.29, 1.82) is 0 Å². The smallest absolute Gasteiger partial charge is 0.404 e. The Balaban J connectivity index is 3.03. The van der Waals surface area contributed by atoms with Crippen LogP contribution in [0.4, 0.5) is 4.79 Å². The third-order valence-electron chi connectivity index (χ3n) is 2.18. The summed E-state index contributed by atoms with van der Waals surface area (Å²) < 4.78 is 5.34. The molecule has 1 heterocycles. The summed E-state index contributed by atoms with van der Waals surface area (Å²) in [6.07, 6.45) is -0.698. The van der Waals surface area contributed by atoms with E-state index in [1.165, 1.54) is 0 Å². The van der Waals surface area contributed by atoms with Crippen LogP contribution < -0.4 is 17.0 Å². The molecule has 8 nitrogen and oxygen atoms in total. The molecule has 0 fully saturated rings. The van der Waals surface area contributed by atoms with Gasteiger partial charge in [0.25, 0.3) is 5.56 Å². The molecule has 8 heteroatoms. The molecule has 0 atom stereocenters. The van der Waals surface area contributed by atoms with Crippen molar-refractivity contribution in [3.8, 4) is 5.88 Å². The topological polar surface area (TPSA) is 127 Å². The maximum atomic E-state index is 11.4. The molecule has 17 heavy (non-hydrogen) atoms. The Morgan fingerprint density at radius 3 is 2.71 bits per heavy atom. The highest BCUT2D eigenvalue weighted by atomic mass is 16.5. The maximum absolute atomic E-state index is 11.4. The molecule has 1 aromatic rings. The lowest BCUT2D eigenvalue weighted by molar-refractivity contribution is 0.150. The van der Waals surface area contributed by atoms with Crippen molar-refractivity contribution in [1.82, 2.24) is 9.55 Å². The number of hydrogen-bond donors (Lipinski definition) is 3. The molecule has 0 unspecified atom stereocenters. The molecule has 4 N–H and O–H groups in total. The Morgan fingerprint density at radius 1 is 1.53 bits per heavy atom. The fraction of sp³-hybridized carbons (Fsp3) is 0.444. The van der Waals surface area contributed by atoms with Crippen molar-refractivity contribution in [2.75, 3.05) is 6.61 Å². The summed E-state index contributed by atoms with van der Waals surface area (Å²) in [6, 6.07) is 0. The van der Waals surface area contributed by atoms with E-state index in [1.54, 1.807) is 6.92 Å². The molecule has 0 saturated heterocycles. The van der Waals surface area contributed by atoms with E-state index in [4.69, 9.17) is 5.73 Å². The van der Waals surface area contributed by atoms with Crippen LogP contribution in [0.3, 0.4) is 0 Å². The van der Waals surface area contributed by atoms with Gasteiger partial charge in [0.1, 0.15) is 6.61 Å². The van der Waals surface area contributed by atoms with Gasteiger partial charge in [0, 0.05) is 0 Å². The van der Waals surface area contributed by atoms with E-state index in [2.05, 4.69) is 9.72 Å². The number of carbonyl (C=O) groups excluding carboxylic acids is 1. The molecule has 1 aromatic heterocycles. The number of amides is 1. The lowest BCUT2D eigenvalue weighted by Gasteiger charge is -2.09. The summed E-state index contributed by atoms with van der Waals surface area (Å²) in [5.74, 6) is -0.422. The Kier molecular flexibility index (Phi) is 3.91. The van der Waals surface area contributed by atoms with Crippen LogP contribution in [-0.2, 0) is 17.7 Å². The minimum atomic E-state index is -0.974. The van der Waals surface area contributed by atoms with Gasteiger partial charge in [-0.1, -0.05) is 6.92 Å². The fourth-order valence-corrected chi connectivity index (χ4v) is 1.36. The number of nitrogens with zero attached hydrogens (tertiary/aromatic N) is 1. The summed E-state index contributed by atoms with van der Waals surface area (Å²) in [7, 11) is 0. The van der Waals surface area contributed by atoms with Gasteiger partial charge in [-0.2, -0.15) is 0 Å². The van der Waals surface area contributed by atoms with Gasteiger partial charge in [0.15, 0.2) is 0 Å². The van der Waals surface area contributed by atoms with E-state index in [0.717, 1.165) is 4.57 Å². The highest BCUT2D eigenvalue weighted by molar-refractivity contribution is 5.64. The summed E-state index contributed by atoms with van der Waals surface area (Å²) in [5.41, 5.74) is 3.46. The average molecular weight is 243 g/mol. The maximum Gasteiger partial charge on any atom is 0.404 e. The third kappa shape index (κ3) is 2.86. The van der Waals surface area contributed by atoms with Crippen molar-refractivity contribution in [2.24, 2.45) is 5.73 Å². The zero-order valence-electron chi connectivity index (χ0n) is 9.23. The molecule has 94 valence electrons. The number of aromatic nitrogens is 2. The van der Waals surface area contributed by atoms with E-state index in [0.29, 0.717) is 0 Å². The second kappa shape index (κ2) is 5.19. The van der Waals surface area contributed by atoms with Crippen molar-refractivity contribution < 1.29 is 14.6 Å². The average Bonchev–Trinajstić information content (AvgIpc) is 2.22. The largest absolute Gasteiger partial charge is 0.494 e. The molecular weight excluding hydrogens is 230 g/mol. The number of primary amides is 1. The van der Waals surface area contributed by atoms with E-state index < -0.39 is 23.2 Å². The van der Waals surface area contributed by atoms with Gasteiger partial charge in [0.05, 0.1) is 12.1 Å². The third-order valence-corrected chi connectivity index (χ3v) is 2.18. The number of hydrogen-bond acceptors (Lipinski definition) is 5. The molecule has 1 rings (SSSR count). The number of aromatic amines is 1. The molecule has 0 aliphatic carbocycles. The van der Waals surface area contributed by atoms with E-state index in [-0.39, 0.29) is 25.1 Å². The van der Waals surface area contributed by atoms with Crippen molar-refractivity contribution in [2.45, 2.75) is 19.9 Å². The normalized spacial score (nSPS) is 10.2. The lowest BCUT2D eigenvalue weighted by atomic mass is 10.2. The molecule has 0 bridgehead atoms. The van der Waals surface area contributed by atoms with Crippen LogP contribution in [0.1, 0.15) is 12.5 Å². The SMILES string of the molecule is CCc1c(O)n(CCOC(N)=O)c(=O)[nH]c1=O. The Hall–Kier alpha value is -2.25. The van der Waals surface area contributed by atoms with Crippen LogP contribution in [0.2, 0.25) is 0 Å². The molecule has 0 radical (unpaired) electrons. The van der Waals surface area contributed by atoms with E-state index in [9.17, 15) is 19.5 Å². The molecule has 0 aromatic carbocycles. The molecule has 0 spiro atoms. The molecule has 1 amide bonds. The molecular formula is C9H13N3O5. The number of carbonyl (C=O) groups is 1. The number of nitrogens with one attached hydrogen (secondary N) is 1. The van der Waals surface area contributed by atoms with Gasteiger partial charge in [-0.05, 0) is 6.42 Å². The van der Waals surface area contributed by atoms with Crippen molar-refractivity contribution in [3.63, 3.8) is 0 Å². The van der Waals surface area contributed by atoms with Crippen LogP contribution in [0.25, 0.3) is 0 Å². The van der Waals surface area contributed by atoms with Crippen LogP contribution in [0.5, 0.6) is 5.88 Å². The predicted octanol–water partition coefficient (Wildman–Crippen LogP) is -1.10. The van der Waals surface area contributed by atoms with E-state index >= 15 is 0 Å². The van der Waals surface area contributed by atoms with Crippen molar-refractivity contribution in [3.05, 3.63) is 26.4 Å². The molecule has 0 aliphatic heterocycles. The number of H-pyrrole nitrogens is 1. The van der Waals surface area contributed by atoms with Crippen LogP contribution in [-0.4, -0.2) is 27.4 Å². The second-order valence-electron chi connectivity index (χ2n) is 3.23. The first-order valence-corrected chi connectivity index (χ1v) is 4.94. The highest BCUT2D eigenvalue weighted by Crippen LogP contribution is 2.09. The van der Waals surface area contributed by atoms with Gasteiger partial charge in [-0.3, -0.25) is 14.3 Å². The van der Waals surface area contributed by atoms with Crippen LogP contribution in [0.15, 0.2) is 9.59 Å². The highest BCUT2D eigenvalue weighted by Gasteiger charge is 2.12. The number of rotatable bonds is 4. The van der Waals surface area contributed by atoms with Crippen molar-refractivity contribution >= 4 is 6.09 Å². The second-order valence-corrected chi connectivity index (χ2v) is 3.23. The first-order valence-electron chi connectivity index (χ1n) is 4.94. The minimum Gasteiger partial charge on any atom is -0.494 e. The number of nitrogens with two attached hydrogens (primary N) is 1. The lowest BCUT2D eigenvalue weighted by Crippen LogP contribution is -2.33. The number of ether oxygens (including phenoxy) is 1. The van der Waals surface area contributed by atoms with Crippen LogP contribution in [0, 0.1) is 0 Å². The summed E-state index contributed by atoms with van der Waals surface area (Å²) >= 11 is 0. The zero-order valence-corrected chi connectivity index (χ0v) is 9.23. The monoisotopic (exact) mass is 243 g/mol. The van der Waals surface area contributed by atoms with Gasteiger partial charge in [-0.25, -0.2) is 9.59 Å². The zero-order chi connectivity index (χ0) is 13.0. The Morgan fingerprint density at radius 2 is 2.18 bits per heavy atom. The molecule has 0 saturated carbocycles.